The van der Waals surface area contributed by atoms with E-state index in [-0.39, 0.29) is 25.0 Å². The Hall–Kier alpha value is -0.970. The highest BCUT2D eigenvalue weighted by atomic mass is 19.1. The van der Waals surface area contributed by atoms with Crippen molar-refractivity contribution in [3.05, 3.63) is 35.1 Å². The van der Waals surface area contributed by atoms with Gasteiger partial charge in [-0.15, -0.1) is 0 Å². The largest absolute Gasteiger partial charge is 0.395 e. The molecule has 1 aromatic carbocycles. The van der Waals surface area contributed by atoms with Gasteiger partial charge in [0.15, 0.2) is 0 Å². The predicted octanol–water partition coefficient (Wildman–Crippen LogP) is 2.02. The maximum Gasteiger partial charge on any atom is 0.127 e. The van der Waals surface area contributed by atoms with Crippen LogP contribution in [0.1, 0.15) is 36.8 Å². The Morgan fingerprint density at radius 3 is 2.89 bits per heavy atom. The van der Waals surface area contributed by atoms with Crippen molar-refractivity contribution in [1.29, 1.82) is 0 Å². The summed E-state index contributed by atoms with van der Waals surface area (Å²) in [5, 5.41) is 9.49. The molecular weight excluding hydrogens is 243 g/mol. The quantitative estimate of drug-likeness (QED) is 0.876. The molecule has 0 bridgehead atoms. The lowest BCUT2D eigenvalue weighted by Gasteiger charge is -2.28. The van der Waals surface area contributed by atoms with Gasteiger partial charge < -0.3 is 10.8 Å². The van der Waals surface area contributed by atoms with Crippen molar-refractivity contribution >= 4 is 0 Å². The lowest BCUT2D eigenvalue weighted by atomic mass is 10.1. The number of likely N-dealkylation sites (tertiary alicyclic amines) is 1. The summed E-state index contributed by atoms with van der Waals surface area (Å²) in [5.41, 5.74) is 7.17. The van der Waals surface area contributed by atoms with Crippen molar-refractivity contribution in [2.24, 2.45) is 5.73 Å². The van der Waals surface area contributed by atoms with Gasteiger partial charge in [0.05, 0.1) is 6.61 Å². The van der Waals surface area contributed by atoms with Crippen LogP contribution in [-0.2, 0) is 13.1 Å². The maximum atomic E-state index is 13.4. The molecule has 1 aliphatic heterocycles. The minimum absolute atomic E-state index is 0.199. The first-order valence-corrected chi connectivity index (χ1v) is 7.07. The molecule has 0 aliphatic carbocycles. The zero-order chi connectivity index (χ0) is 13.7. The zero-order valence-electron chi connectivity index (χ0n) is 11.3. The van der Waals surface area contributed by atoms with Crippen LogP contribution in [0.3, 0.4) is 0 Å². The number of aliphatic hydroxyl groups excluding tert-OH is 1. The van der Waals surface area contributed by atoms with E-state index in [0.717, 1.165) is 25.1 Å². The molecule has 0 aromatic heterocycles. The second-order valence-electron chi connectivity index (χ2n) is 5.29. The Balaban J connectivity index is 2.09. The summed E-state index contributed by atoms with van der Waals surface area (Å²) in [6.45, 7) is 2.19. The molecule has 0 saturated carbocycles. The van der Waals surface area contributed by atoms with Gasteiger partial charge in [0, 0.05) is 24.7 Å². The van der Waals surface area contributed by atoms with Crippen LogP contribution in [0, 0.1) is 5.82 Å². The van der Waals surface area contributed by atoms with Crippen molar-refractivity contribution in [2.45, 2.75) is 44.8 Å². The van der Waals surface area contributed by atoms with Crippen molar-refractivity contribution in [2.75, 3.05) is 13.2 Å². The Kier molecular flexibility index (Phi) is 5.31. The molecule has 19 heavy (non-hydrogen) atoms. The van der Waals surface area contributed by atoms with Gasteiger partial charge >= 0.3 is 0 Å². The third-order valence-corrected chi connectivity index (χ3v) is 3.93. The SMILES string of the molecule is NCc1cc(CN2CCCCCC2CO)ccc1F. The summed E-state index contributed by atoms with van der Waals surface area (Å²) in [6, 6.07) is 5.38. The molecule has 1 aromatic rings. The van der Waals surface area contributed by atoms with Gasteiger partial charge in [0.1, 0.15) is 5.82 Å². The van der Waals surface area contributed by atoms with Gasteiger partial charge in [-0.2, -0.15) is 0 Å². The van der Waals surface area contributed by atoms with Gasteiger partial charge in [0.25, 0.3) is 0 Å². The minimum atomic E-state index is -0.235. The van der Waals surface area contributed by atoms with Crippen molar-refractivity contribution in [3.63, 3.8) is 0 Å². The summed E-state index contributed by atoms with van der Waals surface area (Å²) >= 11 is 0. The highest BCUT2D eigenvalue weighted by Crippen LogP contribution is 2.20. The molecule has 1 heterocycles. The summed E-state index contributed by atoms with van der Waals surface area (Å²) in [6.07, 6.45) is 4.62. The van der Waals surface area contributed by atoms with Gasteiger partial charge in [-0.25, -0.2) is 4.39 Å². The molecule has 1 unspecified atom stereocenters. The standard InChI is InChI=1S/C15H23FN2O/c16-15-6-5-12(8-13(15)9-17)10-18-7-3-1-2-4-14(18)11-19/h5-6,8,14,19H,1-4,7,9-11,17H2. The number of nitrogens with two attached hydrogens (primary N) is 1. The highest BCUT2D eigenvalue weighted by Gasteiger charge is 2.20. The van der Waals surface area contributed by atoms with Crippen LogP contribution in [-0.4, -0.2) is 29.2 Å². The second kappa shape index (κ2) is 6.98. The lowest BCUT2D eigenvalue weighted by molar-refractivity contribution is 0.118. The highest BCUT2D eigenvalue weighted by molar-refractivity contribution is 5.25. The predicted molar refractivity (Wildman–Crippen MR) is 74.0 cm³/mol. The maximum absolute atomic E-state index is 13.4. The number of aliphatic hydroxyl groups is 1. The van der Waals surface area contributed by atoms with E-state index in [2.05, 4.69) is 4.90 Å². The third-order valence-electron chi connectivity index (χ3n) is 3.93. The monoisotopic (exact) mass is 266 g/mol. The Morgan fingerprint density at radius 1 is 1.32 bits per heavy atom. The molecular formula is C15H23FN2O. The van der Waals surface area contributed by atoms with Crippen LogP contribution in [0.5, 0.6) is 0 Å². The van der Waals surface area contributed by atoms with Crippen LogP contribution < -0.4 is 5.73 Å². The first kappa shape index (κ1) is 14.4. The Labute approximate surface area is 114 Å². The van der Waals surface area contributed by atoms with Crippen LogP contribution in [0.25, 0.3) is 0 Å². The van der Waals surface area contributed by atoms with E-state index < -0.39 is 0 Å². The molecule has 0 spiro atoms. The normalized spacial score (nSPS) is 21.3. The van der Waals surface area contributed by atoms with Crippen molar-refractivity contribution in [1.82, 2.24) is 4.90 Å². The van der Waals surface area contributed by atoms with Gasteiger partial charge in [-0.05, 0) is 31.0 Å². The smallest absolute Gasteiger partial charge is 0.127 e. The summed E-state index contributed by atoms with van der Waals surface area (Å²) in [7, 11) is 0. The molecule has 3 nitrogen and oxygen atoms in total. The van der Waals surface area contributed by atoms with Crippen LogP contribution in [0.15, 0.2) is 18.2 Å². The molecule has 1 saturated heterocycles. The van der Waals surface area contributed by atoms with Crippen molar-refractivity contribution < 1.29 is 9.50 Å². The number of nitrogens with zero attached hydrogens (tertiary/aromatic N) is 1. The van der Waals surface area contributed by atoms with Crippen molar-refractivity contribution in [3.8, 4) is 0 Å². The first-order valence-electron chi connectivity index (χ1n) is 7.07. The summed E-state index contributed by atoms with van der Waals surface area (Å²) < 4.78 is 13.4. The molecule has 0 radical (unpaired) electrons. The number of hydrogen-bond donors (Lipinski definition) is 2. The van der Waals surface area contributed by atoms with E-state index in [1.165, 1.54) is 25.3 Å². The van der Waals surface area contributed by atoms with E-state index in [0.29, 0.717) is 5.56 Å². The van der Waals surface area contributed by atoms with Crippen LogP contribution in [0.4, 0.5) is 4.39 Å². The molecule has 4 heteroatoms. The summed E-state index contributed by atoms with van der Waals surface area (Å²) in [4.78, 5) is 2.31. The number of halogens is 1. The average molecular weight is 266 g/mol. The van der Waals surface area contributed by atoms with Gasteiger partial charge in [-0.1, -0.05) is 25.0 Å². The topological polar surface area (TPSA) is 49.5 Å². The number of hydrogen-bond acceptors (Lipinski definition) is 3. The van der Waals surface area contributed by atoms with Crippen LogP contribution >= 0.6 is 0 Å². The first-order chi connectivity index (χ1) is 9.24. The van der Waals surface area contributed by atoms with E-state index in [1.807, 2.05) is 12.1 Å². The summed E-state index contributed by atoms with van der Waals surface area (Å²) in [5.74, 6) is -0.235. The Morgan fingerprint density at radius 2 is 2.16 bits per heavy atom. The fraction of sp³-hybridized carbons (Fsp3) is 0.600. The molecule has 1 fully saturated rings. The van der Waals surface area contributed by atoms with E-state index in [9.17, 15) is 9.50 Å². The Bertz CT molecular complexity index is 411. The molecule has 106 valence electrons. The number of benzene rings is 1. The van der Waals surface area contributed by atoms with E-state index in [1.54, 1.807) is 0 Å². The number of rotatable bonds is 4. The molecule has 3 N–H and O–H groups in total. The minimum Gasteiger partial charge on any atom is -0.395 e. The van der Waals surface area contributed by atoms with Gasteiger partial charge in [0.2, 0.25) is 0 Å². The second-order valence-corrected chi connectivity index (χ2v) is 5.29. The lowest BCUT2D eigenvalue weighted by Crippen LogP contribution is -2.36. The zero-order valence-corrected chi connectivity index (χ0v) is 11.3. The average Bonchev–Trinajstić information content (AvgIpc) is 2.66. The fourth-order valence-electron chi connectivity index (χ4n) is 2.77. The third kappa shape index (κ3) is 3.75. The molecule has 0 amide bonds. The van der Waals surface area contributed by atoms with E-state index >= 15 is 0 Å². The molecule has 2 rings (SSSR count). The fourth-order valence-corrected chi connectivity index (χ4v) is 2.77. The van der Waals surface area contributed by atoms with Crippen LogP contribution in [0.2, 0.25) is 0 Å². The van der Waals surface area contributed by atoms with Gasteiger partial charge in [-0.3, -0.25) is 4.90 Å². The molecule has 1 aliphatic rings. The molecule has 1 atom stereocenters. The van der Waals surface area contributed by atoms with E-state index in [4.69, 9.17) is 5.73 Å².